The van der Waals surface area contributed by atoms with Crippen molar-refractivity contribution in [2.24, 2.45) is 0 Å². The molecular formula is C10H10ClN5. The summed E-state index contributed by atoms with van der Waals surface area (Å²) in [5, 5.41) is 17.7. The van der Waals surface area contributed by atoms with Crippen molar-refractivity contribution in [3.05, 3.63) is 17.0 Å². The van der Waals surface area contributed by atoms with Crippen molar-refractivity contribution in [1.29, 1.82) is 10.5 Å². The molecule has 1 heterocycles. The molecule has 0 unspecified atom stereocenters. The lowest BCUT2D eigenvalue weighted by Gasteiger charge is -2.19. The second-order valence-corrected chi connectivity index (χ2v) is 3.35. The van der Waals surface area contributed by atoms with E-state index in [-0.39, 0.29) is 13.1 Å². The van der Waals surface area contributed by atoms with Gasteiger partial charge in [0.15, 0.2) is 0 Å². The molecule has 82 valence electrons. The lowest BCUT2D eigenvalue weighted by molar-refractivity contribution is 0.898. The van der Waals surface area contributed by atoms with Crippen molar-refractivity contribution >= 4 is 17.4 Å². The van der Waals surface area contributed by atoms with E-state index >= 15 is 0 Å². The molecule has 1 aromatic heterocycles. The molecule has 6 heteroatoms. The average Bonchev–Trinajstić information content (AvgIpc) is 2.28. The van der Waals surface area contributed by atoms with Gasteiger partial charge in [-0.2, -0.15) is 10.5 Å². The Balaban J connectivity index is 3.14. The smallest absolute Gasteiger partial charge is 0.138 e. The molecule has 0 aliphatic carbocycles. The average molecular weight is 236 g/mol. The molecule has 0 N–H and O–H groups in total. The van der Waals surface area contributed by atoms with E-state index in [1.54, 1.807) is 4.90 Å². The number of halogens is 1. The Morgan fingerprint density at radius 3 is 2.44 bits per heavy atom. The van der Waals surface area contributed by atoms with Gasteiger partial charge < -0.3 is 4.90 Å². The van der Waals surface area contributed by atoms with Gasteiger partial charge in [-0.25, -0.2) is 9.97 Å². The summed E-state index contributed by atoms with van der Waals surface area (Å²) in [6, 6.07) is 3.99. The molecule has 0 amide bonds. The van der Waals surface area contributed by atoms with Crippen LogP contribution >= 0.6 is 11.6 Å². The summed E-state index contributed by atoms with van der Waals surface area (Å²) in [4.78, 5) is 9.53. The molecule has 1 aromatic rings. The minimum atomic E-state index is 0.105. The van der Waals surface area contributed by atoms with Crippen LogP contribution in [-0.2, 0) is 6.42 Å². The van der Waals surface area contributed by atoms with E-state index in [0.29, 0.717) is 17.4 Å². The summed E-state index contributed by atoms with van der Waals surface area (Å²) in [7, 11) is 0. The topological polar surface area (TPSA) is 76.6 Å². The van der Waals surface area contributed by atoms with Crippen LogP contribution < -0.4 is 4.90 Å². The number of hydrogen-bond acceptors (Lipinski definition) is 5. The zero-order chi connectivity index (χ0) is 12.0. The van der Waals surface area contributed by atoms with Gasteiger partial charge in [0.25, 0.3) is 0 Å². The molecule has 0 aromatic carbocycles. The second kappa shape index (κ2) is 5.89. The van der Waals surface area contributed by atoms with Gasteiger partial charge in [-0.1, -0.05) is 18.5 Å². The predicted molar refractivity (Wildman–Crippen MR) is 59.9 cm³/mol. The van der Waals surface area contributed by atoms with Crippen LogP contribution in [0.15, 0.2) is 6.33 Å². The number of nitrogens with zero attached hydrogens (tertiary/aromatic N) is 5. The molecule has 0 aliphatic rings. The molecule has 1 rings (SSSR count). The third-order valence-electron chi connectivity index (χ3n) is 2.05. The van der Waals surface area contributed by atoms with Crippen molar-refractivity contribution in [3.8, 4) is 12.1 Å². The molecule has 0 aliphatic heterocycles. The third kappa shape index (κ3) is 2.59. The number of nitriles is 2. The highest BCUT2D eigenvalue weighted by Gasteiger charge is 2.14. The zero-order valence-corrected chi connectivity index (χ0v) is 9.57. The van der Waals surface area contributed by atoms with Crippen LogP contribution in [0.5, 0.6) is 0 Å². The van der Waals surface area contributed by atoms with Crippen molar-refractivity contribution in [3.63, 3.8) is 0 Å². The fraction of sp³-hybridized carbons (Fsp3) is 0.400. The van der Waals surface area contributed by atoms with Crippen molar-refractivity contribution < 1.29 is 0 Å². The number of anilines is 1. The summed E-state index contributed by atoms with van der Waals surface area (Å²) in [6.45, 7) is 2.13. The van der Waals surface area contributed by atoms with Gasteiger partial charge in [-0.3, -0.25) is 0 Å². The van der Waals surface area contributed by atoms with Gasteiger partial charge in [0, 0.05) is 5.56 Å². The Bertz CT molecular complexity index is 430. The Morgan fingerprint density at radius 2 is 1.94 bits per heavy atom. The SMILES string of the molecule is CCc1c(Cl)ncnc1N(CC#N)CC#N. The van der Waals surface area contributed by atoms with Crippen molar-refractivity contribution in [1.82, 2.24) is 9.97 Å². The Labute approximate surface area is 98.9 Å². The minimum Gasteiger partial charge on any atom is -0.330 e. The largest absolute Gasteiger partial charge is 0.330 e. The van der Waals surface area contributed by atoms with E-state index in [0.717, 1.165) is 5.56 Å². The highest BCUT2D eigenvalue weighted by atomic mass is 35.5. The van der Waals surface area contributed by atoms with Crippen LogP contribution in [0.25, 0.3) is 0 Å². The Morgan fingerprint density at radius 1 is 1.31 bits per heavy atom. The fourth-order valence-electron chi connectivity index (χ4n) is 1.34. The molecule has 0 saturated heterocycles. The standard InChI is InChI=1S/C10H10ClN5/c1-2-8-9(11)14-7-15-10(8)16(5-3-12)6-4-13/h7H,2,5-6H2,1H3. The Kier molecular flexibility index (Phi) is 4.50. The summed E-state index contributed by atoms with van der Waals surface area (Å²) >= 11 is 5.93. The first-order valence-electron chi connectivity index (χ1n) is 4.72. The fourth-order valence-corrected chi connectivity index (χ4v) is 1.60. The van der Waals surface area contributed by atoms with Crippen LogP contribution in [-0.4, -0.2) is 23.1 Å². The monoisotopic (exact) mass is 235 g/mol. The number of rotatable bonds is 4. The molecule has 0 fully saturated rings. The predicted octanol–water partition coefficient (Wildman–Crippen LogP) is 1.55. The Hall–Kier alpha value is -1.85. The van der Waals surface area contributed by atoms with Gasteiger partial charge in [0.05, 0.1) is 12.1 Å². The van der Waals surface area contributed by atoms with E-state index in [2.05, 4.69) is 9.97 Å². The van der Waals surface area contributed by atoms with Crippen LogP contribution in [0.4, 0.5) is 5.82 Å². The lowest BCUT2D eigenvalue weighted by Crippen LogP contribution is -2.26. The molecule has 16 heavy (non-hydrogen) atoms. The number of hydrogen-bond donors (Lipinski definition) is 0. The molecular weight excluding hydrogens is 226 g/mol. The summed E-state index contributed by atoms with van der Waals surface area (Å²) in [6.07, 6.45) is 1.99. The van der Waals surface area contributed by atoms with E-state index in [1.807, 2.05) is 19.1 Å². The van der Waals surface area contributed by atoms with Crippen LogP contribution in [0, 0.1) is 22.7 Å². The van der Waals surface area contributed by atoms with Gasteiger partial charge >= 0.3 is 0 Å². The summed E-state index contributed by atoms with van der Waals surface area (Å²) in [5.41, 5.74) is 0.759. The first-order valence-corrected chi connectivity index (χ1v) is 5.10. The van der Waals surface area contributed by atoms with E-state index in [1.165, 1.54) is 6.33 Å². The maximum absolute atomic E-state index is 8.68. The molecule has 0 spiro atoms. The van der Waals surface area contributed by atoms with E-state index < -0.39 is 0 Å². The van der Waals surface area contributed by atoms with Gasteiger partial charge in [0.1, 0.15) is 30.4 Å². The van der Waals surface area contributed by atoms with Gasteiger partial charge in [-0.05, 0) is 6.42 Å². The molecule has 5 nitrogen and oxygen atoms in total. The maximum atomic E-state index is 8.68. The van der Waals surface area contributed by atoms with Crippen LogP contribution in [0.3, 0.4) is 0 Å². The molecule has 0 radical (unpaired) electrons. The highest BCUT2D eigenvalue weighted by molar-refractivity contribution is 6.30. The van der Waals surface area contributed by atoms with Gasteiger partial charge in [0.2, 0.25) is 0 Å². The lowest BCUT2D eigenvalue weighted by atomic mass is 10.2. The van der Waals surface area contributed by atoms with Crippen molar-refractivity contribution in [2.75, 3.05) is 18.0 Å². The van der Waals surface area contributed by atoms with Gasteiger partial charge in [-0.15, -0.1) is 0 Å². The van der Waals surface area contributed by atoms with Crippen LogP contribution in [0.1, 0.15) is 12.5 Å². The minimum absolute atomic E-state index is 0.105. The number of aromatic nitrogens is 2. The second-order valence-electron chi connectivity index (χ2n) is 2.99. The first kappa shape index (κ1) is 12.2. The van der Waals surface area contributed by atoms with Crippen molar-refractivity contribution in [2.45, 2.75) is 13.3 Å². The summed E-state index contributed by atoms with van der Waals surface area (Å²) in [5.74, 6) is 0.561. The highest BCUT2D eigenvalue weighted by Crippen LogP contribution is 2.23. The molecule has 0 bridgehead atoms. The third-order valence-corrected chi connectivity index (χ3v) is 2.37. The van der Waals surface area contributed by atoms with E-state index in [4.69, 9.17) is 22.1 Å². The van der Waals surface area contributed by atoms with Crippen LogP contribution in [0.2, 0.25) is 5.15 Å². The van der Waals surface area contributed by atoms with E-state index in [9.17, 15) is 0 Å². The molecule has 0 atom stereocenters. The maximum Gasteiger partial charge on any atom is 0.138 e. The first-order chi connectivity index (χ1) is 7.74. The quantitative estimate of drug-likeness (QED) is 0.585. The summed E-state index contributed by atoms with van der Waals surface area (Å²) < 4.78 is 0. The zero-order valence-electron chi connectivity index (χ0n) is 8.81. The molecule has 0 saturated carbocycles. The normalized spacial score (nSPS) is 9.25.